The number of carbonyl (C=O) groups is 2. The molecule has 5 rings (SSSR count). The number of rotatable bonds is 5. The van der Waals surface area contributed by atoms with Gasteiger partial charge in [0, 0.05) is 43.2 Å². The zero-order valence-electron chi connectivity index (χ0n) is 25.4. The third-order valence-corrected chi connectivity index (χ3v) is 7.54. The Bertz CT molecular complexity index is 1210. The number of nitrogens with one attached hydrogen (secondary N) is 1. The molecule has 2 aromatic rings. The van der Waals surface area contributed by atoms with Crippen molar-refractivity contribution in [1.29, 1.82) is 0 Å². The molecule has 1 atom stereocenters. The summed E-state index contributed by atoms with van der Waals surface area (Å²) in [6.07, 6.45) is 19.5. The Morgan fingerprint density at radius 2 is 1.90 bits per heavy atom. The number of hydrogen-bond donors (Lipinski definition) is 1. The maximum absolute atomic E-state index is 12.3. The molecule has 0 spiro atoms. The first kappa shape index (κ1) is 32.2. The average Bonchev–Trinajstić information content (AvgIpc) is 3.25. The molecule has 1 N–H and O–H groups in total. The van der Waals surface area contributed by atoms with E-state index in [0.717, 1.165) is 50.9 Å². The number of likely N-dealkylation sites (N-methyl/N-ethyl adjacent to an activating group) is 2. The SMILES string of the molecule is CC.CN1CCCN(C)C(C2=CC=CCC=C2)C1.Cc1cc(NC(=O)c2cnn(C3CCOCC3)c2)ccc1C=O. The summed E-state index contributed by atoms with van der Waals surface area (Å²) in [5.74, 6) is -0.207. The fraction of sp³-hybridized carbons (Fsp3) is 0.485. The van der Waals surface area contributed by atoms with Crippen LogP contribution in [0.3, 0.4) is 0 Å². The zero-order valence-corrected chi connectivity index (χ0v) is 25.4. The van der Waals surface area contributed by atoms with Crippen molar-refractivity contribution in [2.75, 3.05) is 52.3 Å². The molecule has 0 radical (unpaired) electrons. The molecule has 3 aliphatic rings. The summed E-state index contributed by atoms with van der Waals surface area (Å²) >= 11 is 0. The highest BCUT2D eigenvalue weighted by molar-refractivity contribution is 6.04. The number of hydrogen-bond acceptors (Lipinski definition) is 6. The van der Waals surface area contributed by atoms with E-state index in [-0.39, 0.29) is 5.91 Å². The van der Waals surface area contributed by atoms with Gasteiger partial charge in [-0.2, -0.15) is 5.10 Å². The van der Waals surface area contributed by atoms with E-state index in [1.807, 2.05) is 25.5 Å². The molecule has 8 nitrogen and oxygen atoms in total. The lowest BCUT2D eigenvalue weighted by atomic mass is 10.0. The Morgan fingerprint density at radius 3 is 2.63 bits per heavy atom. The number of nitrogens with zero attached hydrogens (tertiary/aromatic N) is 4. The lowest BCUT2D eigenvalue weighted by Gasteiger charge is -2.28. The molecule has 1 amide bonds. The van der Waals surface area contributed by atoms with Gasteiger partial charge >= 0.3 is 0 Å². The Labute approximate surface area is 245 Å². The van der Waals surface area contributed by atoms with Gasteiger partial charge in [0.2, 0.25) is 0 Å². The molecule has 1 aromatic heterocycles. The van der Waals surface area contributed by atoms with Gasteiger partial charge < -0.3 is 15.0 Å². The molecule has 1 aliphatic carbocycles. The standard InChI is InChI=1S/C17H19N3O3.C14H22N2.C2H6/c1-12-8-15(3-2-13(12)11-21)19-17(22)14-9-18-20(10-14)16-4-6-23-7-5-16;1-15-10-7-11-16(2)14(12-15)13-8-5-3-4-6-9-13;1-2/h2-3,8-11,16H,4-7H2,1H3,(H,19,22);3,5-6,8-9,14H,4,7,10-12H2,1-2H3;1-2H3. The van der Waals surface area contributed by atoms with Crippen LogP contribution in [0.25, 0.3) is 0 Å². The number of benzene rings is 1. The summed E-state index contributed by atoms with van der Waals surface area (Å²) < 4.78 is 7.18. The summed E-state index contributed by atoms with van der Waals surface area (Å²) in [6.45, 7) is 10.9. The minimum atomic E-state index is -0.207. The molecule has 2 fully saturated rings. The molecule has 41 heavy (non-hydrogen) atoms. The number of carbonyl (C=O) groups excluding carboxylic acids is 2. The fourth-order valence-corrected chi connectivity index (χ4v) is 5.14. The third-order valence-electron chi connectivity index (χ3n) is 7.54. The van der Waals surface area contributed by atoms with E-state index in [4.69, 9.17) is 4.74 Å². The molecular weight excluding hydrogens is 514 g/mol. The van der Waals surface area contributed by atoms with E-state index in [9.17, 15) is 9.59 Å². The van der Waals surface area contributed by atoms with Crippen LogP contribution in [0.2, 0.25) is 0 Å². The van der Waals surface area contributed by atoms with Gasteiger partial charge in [0.1, 0.15) is 6.29 Å². The Balaban J connectivity index is 0.000000225. The highest BCUT2D eigenvalue weighted by Gasteiger charge is 2.22. The third kappa shape index (κ3) is 9.63. The Kier molecular flexibility index (Phi) is 13.2. The molecule has 3 heterocycles. The van der Waals surface area contributed by atoms with Gasteiger partial charge in [-0.15, -0.1) is 0 Å². The van der Waals surface area contributed by atoms with Crippen LogP contribution in [0.5, 0.6) is 0 Å². The number of aryl methyl sites for hydroxylation is 1. The first-order chi connectivity index (χ1) is 19.9. The van der Waals surface area contributed by atoms with Crippen LogP contribution < -0.4 is 5.32 Å². The van der Waals surface area contributed by atoms with E-state index in [0.29, 0.717) is 28.9 Å². The van der Waals surface area contributed by atoms with Crippen LogP contribution >= 0.6 is 0 Å². The molecule has 222 valence electrons. The maximum atomic E-state index is 12.3. The number of aldehydes is 1. The predicted octanol–water partition coefficient (Wildman–Crippen LogP) is 5.70. The van der Waals surface area contributed by atoms with Crippen molar-refractivity contribution < 1.29 is 14.3 Å². The van der Waals surface area contributed by atoms with E-state index in [1.165, 1.54) is 25.1 Å². The van der Waals surface area contributed by atoms with E-state index in [1.54, 1.807) is 30.6 Å². The van der Waals surface area contributed by atoms with Crippen molar-refractivity contribution in [2.24, 2.45) is 0 Å². The van der Waals surface area contributed by atoms with Crippen LogP contribution in [0, 0.1) is 6.92 Å². The van der Waals surface area contributed by atoms with Gasteiger partial charge in [-0.25, -0.2) is 0 Å². The minimum Gasteiger partial charge on any atom is -0.381 e. The summed E-state index contributed by atoms with van der Waals surface area (Å²) in [7, 11) is 4.47. The van der Waals surface area contributed by atoms with Crippen molar-refractivity contribution in [2.45, 2.75) is 58.5 Å². The lowest BCUT2D eigenvalue weighted by molar-refractivity contribution is 0.0662. The molecule has 8 heteroatoms. The van der Waals surface area contributed by atoms with Crippen LogP contribution in [-0.4, -0.2) is 84.8 Å². The van der Waals surface area contributed by atoms with Crippen molar-refractivity contribution in [3.05, 3.63) is 83.2 Å². The fourth-order valence-electron chi connectivity index (χ4n) is 5.14. The maximum Gasteiger partial charge on any atom is 0.258 e. The summed E-state index contributed by atoms with van der Waals surface area (Å²) in [5, 5.41) is 7.14. The summed E-state index contributed by atoms with van der Waals surface area (Å²) in [5.41, 5.74) is 4.08. The van der Waals surface area contributed by atoms with E-state index in [2.05, 4.69) is 64.7 Å². The molecule has 0 saturated carbocycles. The van der Waals surface area contributed by atoms with Crippen molar-refractivity contribution >= 4 is 17.9 Å². The largest absolute Gasteiger partial charge is 0.381 e. The second-order valence-electron chi connectivity index (χ2n) is 10.5. The lowest BCUT2D eigenvalue weighted by Crippen LogP contribution is -2.38. The smallest absolute Gasteiger partial charge is 0.258 e. The normalized spacial score (nSPS) is 19.9. The van der Waals surface area contributed by atoms with Crippen LogP contribution in [-0.2, 0) is 4.74 Å². The monoisotopic (exact) mass is 561 g/mol. The van der Waals surface area contributed by atoms with Gasteiger partial charge in [-0.1, -0.05) is 44.2 Å². The van der Waals surface area contributed by atoms with Crippen LogP contribution in [0.15, 0.2) is 66.5 Å². The molecular formula is C33H47N5O3. The Hall–Kier alpha value is -3.33. The predicted molar refractivity (Wildman–Crippen MR) is 167 cm³/mol. The van der Waals surface area contributed by atoms with Crippen LogP contribution in [0.1, 0.15) is 71.9 Å². The average molecular weight is 562 g/mol. The van der Waals surface area contributed by atoms with E-state index < -0.39 is 0 Å². The van der Waals surface area contributed by atoms with Crippen molar-refractivity contribution in [3.8, 4) is 0 Å². The topological polar surface area (TPSA) is 79.7 Å². The minimum absolute atomic E-state index is 0.207. The molecule has 1 aromatic carbocycles. The van der Waals surface area contributed by atoms with E-state index >= 15 is 0 Å². The number of anilines is 1. The summed E-state index contributed by atoms with van der Waals surface area (Å²) in [6, 6.07) is 6.04. The zero-order chi connectivity index (χ0) is 29.6. The van der Waals surface area contributed by atoms with Gasteiger partial charge in [-0.05, 0) is 89.1 Å². The van der Waals surface area contributed by atoms with Gasteiger partial charge in [0.15, 0.2) is 0 Å². The van der Waals surface area contributed by atoms with Gasteiger partial charge in [0.25, 0.3) is 5.91 Å². The highest BCUT2D eigenvalue weighted by Crippen LogP contribution is 2.21. The quantitative estimate of drug-likeness (QED) is 0.472. The van der Waals surface area contributed by atoms with Gasteiger partial charge in [-0.3, -0.25) is 19.2 Å². The molecule has 2 aliphatic heterocycles. The first-order valence-corrected chi connectivity index (χ1v) is 14.9. The molecule has 2 saturated heterocycles. The van der Waals surface area contributed by atoms with Gasteiger partial charge in [0.05, 0.1) is 17.8 Å². The second-order valence-corrected chi connectivity index (χ2v) is 10.5. The molecule has 1 unspecified atom stereocenters. The second kappa shape index (κ2) is 16.8. The van der Waals surface area contributed by atoms with Crippen LogP contribution in [0.4, 0.5) is 5.69 Å². The number of amides is 1. The summed E-state index contributed by atoms with van der Waals surface area (Å²) in [4.78, 5) is 28.1. The van der Waals surface area contributed by atoms with Crippen molar-refractivity contribution in [3.63, 3.8) is 0 Å². The highest BCUT2D eigenvalue weighted by atomic mass is 16.5. The molecule has 0 bridgehead atoms. The number of ether oxygens (including phenoxy) is 1. The first-order valence-electron chi connectivity index (χ1n) is 14.9. The van der Waals surface area contributed by atoms with Crippen molar-refractivity contribution in [1.82, 2.24) is 19.6 Å². The Morgan fingerprint density at radius 1 is 1.12 bits per heavy atom. The number of aromatic nitrogens is 2. The number of allylic oxidation sites excluding steroid dienone is 4.